The van der Waals surface area contributed by atoms with Gasteiger partial charge >= 0.3 is 5.97 Å². The molecule has 2 nitrogen and oxygen atoms in total. The van der Waals surface area contributed by atoms with Crippen LogP contribution in [0.1, 0.15) is 36.8 Å². The summed E-state index contributed by atoms with van der Waals surface area (Å²) in [5.74, 6) is 1.14. The fourth-order valence-electron chi connectivity index (χ4n) is 2.17. The molecule has 0 heterocycles. The first-order valence-corrected chi connectivity index (χ1v) is 5.33. The first kappa shape index (κ1) is 8.72. The van der Waals surface area contributed by atoms with Crippen LogP contribution in [0.3, 0.4) is 0 Å². The number of allylic oxidation sites excluding steroid dienone is 1. The highest BCUT2D eigenvalue weighted by Gasteiger charge is 2.39. The minimum absolute atomic E-state index is 0.155. The molecule has 0 N–H and O–H groups in total. The Labute approximate surface area is 88.6 Å². The lowest BCUT2D eigenvalue weighted by atomic mass is 10.1. The Balaban J connectivity index is 1.97. The number of esters is 1. The first-order chi connectivity index (χ1) is 7.29. The topological polar surface area (TPSA) is 26.3 Å². The van der Waals surface area contributed by atoms with Crippen LogP contribution in [0.4, 0.5) is 0 Å². The predicted octanol–water partition coefficient (Wildman–Crippen LogP) is 2.89. The summed E-state index contributed by atoms with van der Waals surface area (Å²) in [6.45, 7) is 1.81. The molecule has 2 aliphatic rings. The molecule has 1 aromatic carbocycles. The maximum absolute atomic E-state index is 11.3. The second-order valence-electron chi connectivity index (χ2n) is 4.06. The van der Waals surface area contributed by atoms with Gasteiger partial charge in [0, 0.05) is 17.9 Å². The van der Waals surface area contributed by atoms with Crippen molar-refractivity contribution in [2.75, 3.05) is 0 Å². The van der Waals surface area contributed by atoms with Crippen molar-refractivity contribution in [3.05, 3.63) is 34.9 Å². The molecule has 0 bridgehead atoms. The second kappa shape index (κ2) is 2.96. The SMILES string of the molecule is CCC(=O)Oc1cccc2c1C1CC1=C2. The second-order valence-corrected chi connectivity index (χ2v) is 4.06. The molecule has 0 aromatic heterocycles. The van der Waals surface area contributed by atoms with Crippen LogP contribution in [0.15, 0.2) is 23.8 Å². The summed E-state index contributed by atoms with van der Waals surface area (Å²) in [5, 5.41) is 0. The normalized spacial score (nSPS) is 20.3. The van der Waals surface area contributed by atoms with E-state index in [4.69, 9.17) is 4.74 Å². The first-order valence-electron chi connectivity index (χ1n) is 5.33. The Morgan fingerprint density at radius 1 is 1.53 bits per heavy atom. The fraction of sp³-hybridized carbons (Fsp3) is 0.308. The van der Waals surface area contributed by atoms with Gasteiger partial charge in [-0.15, -0.1) is 0 Å². The molecule has 0 aliphatic heterocycles. The fourth-order valence-corrected chi connectivity index (χ4v) is 2.17. The van der Waals surface area contributed by atoms with E-state index >= 15 is 0 Å². The van der Waals surface area contributed by atoms with Gasteiger partial charge in [-0.2, -0.15) is 0 Å². The maximum Gasteiger partial charge on any atom is 0.310 e. The summed E-state index contributed by atoms with van der Waals surface area (Å²) in [7, 11) is 0. The zero-order chi connectivity index (χ0) is 10.4. The lowest BCUT2D eigenvalue weighted by molar-refractivity contribution is -0.134. The molecular weight excluding hydrogens is 188 g/mol. The standard InChI is InChI=1S/C13H12O2/c1-2-12(14)15-11-5-3-4-8-6-9-7-10(9)13(8)11/h3-6,10H,2,7H2,1H3. The number of benzene rings is 1. The van der Waals surface area contributed by atoms with Crippen LogP contribution >= 0.6 is 0 Å². The van der Waals surface area contributed by atoms with Crippen molar-refractivity contribution in [1.82, 2.24) is 0 Å². The van der Waals surface area contributed by atoms with Crippen LogP contribution in [0, 0.1) is 0 Å². The van der Waals surface area contributed by atoms with Gasteiger partial charge in [0.1, 0.15) is 5.75 Å². The van der Waals surface area contributed by atoms with Crippen molar-refractivity contribution in [1.29, 1.82) is 0 Å². The Bertz CT molecular complexity index is 471. The van der Waals surface area contributed by atoms with Crippen LogP contribution in [-0.4, -0.2) is 5.97 Å². The summed E-state index contributed by atoms with van der Waals surface area (Å²) in [4.78, 5) is 11.3. The van der Waals surface area contributed by atoms with Crippen molar-refractivity contribution >= 4 is 12.0 Å². The summed E-state index contributed by atoms with van der Waals surface area (Å²) in [5.41, 5.74) is 3.92. The molecule has 2 aliphatic carbocycles. The van der Waals surface area contributed by atoms with E-state index in [0.29, 0.717) is 12.3 Å². The molecule has 1 fully saturated rings. The van der Waals surface area contributed by atoms with Gasteiger partial charge in [0.05, 0.1) is 0 Å². The van der Waals surface area contributed by atoms with E-state index in [9.17, 15) is 4.79 Å². The average molecular weight is 200 g/mol. The third-order valence-electron chi connectivity index (χ3n) is 3.03. The number of carbonyl (C=O) groups is 1. The van der Waals surface area contributed by atoms with Crippen LogP contribution in [-0.2, 0) is 4.79 Å². The van der Waals surface area contributed by atoms with E-state index in [2.05, 4.69) is 12.1 Å². The molecule has 0 saturated heterocycles. The zero-order valence-corrected chi connectivity index (χ0v) is 8.62. The van der Waals surface area contributed by atoms with E-state index in [0.717, 1.165) is 12.2 Å². The van der Waals surface area contributed by atoms with Crippen molar-refractivity contribution in [3.8, 4) is 5.75 Å². The van der Waals surface area contributed by atoms with E-state index in [-0.39, 0.29) is 5.97 Å². The predicted molar refractivity (Wildman–Crippen MR) is 57.7 cm³/mol. The van der Waals surface area contributed by atoms with Crippen molar-refractivity contribution in [2.45, 2.75) is 25.7 Å². The highest BCUT2D eigenvalue weighted by atomic mass is 16.5. The van der Waals surface area contributed by atoms with Gasteiger partial charge in [0.25, 0.3) is 0 Å². The monoisotopic (exact) mass is 200 g/mol. The number of hydrogen-bond acceptors (Lipinski definition) is 2. The molecule has 0 spiro atoms. The van der Waals surface area contributed by atoms with Crippen LogP contribution in [0.25, 0.3) is 6.08 Å². The molecule has 1 aromatic rings. The Morgan fingerprint density at radius 3 is 3.20 bits per heavy atom. The molecule has 0 radical (unpaired) electrons. The average Bonchev–Trinajstić information content (AvgIpc) is 2.90. The molecule has 1 unspecified atom stereocenters. The number of carbonyl (C=O) groups excluding carboxylic acids is 1. The Kier molecular flexibility index (Phi) is 1.72. The number of fused-ring (bicyclic) bond motifs is 3. The van der Waals surface area contributed by atoms with E-state index in [1.54, 1.807) is 0 Å². The smallest absolute Gasteiger partial charge is 0.310 e. The zero-order valence-electron chi connectivity index (χ0n) is 8.62. The number of rotatable bonds is 2. The van der Waals surface area contributed by atoms with Crippen LogP contribution < -0.4 is 4.74 Å². The minimum Gasteiger partial charge on any atom is -0.426 e. The summed E-state index contributed by atoms with van der Waals surface area (Å²) >= 11 is 0. The van der Waals surface area contributed by atoms with Crippen molar-refractivity contribution in [3.63, 3.8) is 0 Å². The van der Waals surface area contributed by atoms with Gasteiger partial charge in [0.15, 0.2) is 0 Å². The molecule has 76 valence electrons. The van der Waals surface area contributed by atoms with Crippen LogP contribution in [0.2, 0.25) is 0 Å². The van der Waals surface area contributed by atoms with Crippen LogP contribution in [0.5, 0.6) is 5.75 Å². The minimum atomic E-state index is -0.155. The molecule has 1 saturated carbocycles. The van der Waals surface area contributed by atoms with E-state index < -0.39 is 0 Å². The molecule has 1 atom stereocenters. The van der Waals surface area contributed by atoms with Gasteiger partial charge < -0.3 is 4.74 Å². The molecule has 0 amide bonds. The van der Waals surface area contributed by atoms with Gasteiger partial charge in [-0.05, 0) is 18.1 Å². The van der Waals surface area contributed by atoms with Crippen molar-refractivity contribution < 1.29 is 9.53 Å². The van der Waals surface area contributed by atoms with Gasteiger partial charge in [-0.1, -0.05) is 30.7 Å². The maximum atomic E-state index is 11.3. The third-order valence-corrected chi connectivity index (χ3v) is 3.03. The summed E-state index contributed by atoms with van der Waals surface area (Å²) in [6, 6.07) is 5.91. The van der Waals surface area contributed by atoms with Gasteiger partial charge in [-0.3, -0.25) is 4.79 Å². The quantitative estimate of drug-likeness (QED) is 0.542. The molecule has 15 heavy (non-hydrogen) atoms. The highest BCUT2D eigenvalue weighted by Crippen LogP contribution is 2.57. The third kappa shape index (κ3) is 1.29. The molecule has 3 rings (SSSR count). The van der Waals surface area contributed by atoms with E-state index in [1.807, 2.05) is 19.1 Å². The lowest BCUT2D eigenvalue weighted by Gasteiger charge is -2.09. The number of hydrogen-bond donors (Lipinski definition) is 0. The number of ether oxygens (including phenoxy) is 1. The van der Waals surface area contributed by atoms with E-state index in [1.165, 1.54) is 16.7 Å². The Morgan fingerprint density at radius 2 is 2.40 bits per heavy atom. The molecule has 2 heteroatoms. The Hall–Kier alpha value is -1.57. The summed E-state index contributed by atoms with van der Waals surface area (Å²) in [6.07, 6.45) is 3.78. The molecular formula is C13H12O2. The van der Waals surface area contributed by atoms with Gasteiger partial charge in [0.2, 0.25) is 0 Å². The largest absolute Gasteiger partial charge is 0.426 e. The van der Waals surface area contributed by atoms with Crippen molar-refractivity contribution in [2.24, 2.45) is 0 Å². The highest BCUT2D eigenvalue weighted by molar-refractivity contribution is 5.79. The summed E-state index contributed by atoms with van der Waals surface area (Å²) < 4.78 is 5.33. The van der Waals surface area contributed by atoms with Gasteiger partial charge in [-0.25, -0.2) is 0 Å². The lowest BCUT2D eigenvalue weighted by Crippen LogP contribution is -2.07.